The minimum absolute atomic E-state index is 0.113. The zero-order valence-electron chi connectivity index (χ0n) is 14.5. The minimum Gasteiger partial charge on any atom is -0.349 e. The van der Waals surface area contributed by atoms with Crippen LogP contribution >= 0.6 is 0 Å². The van der Waals surface area contributed by atoms with E-state index in [1.165, 1.54) is 0 Å². The Morgan fingerprint density at radius 3 is 2.83 bits per heavy atom. The van der Waals surface area contributed by atoms with Crippen LogP contribution in [-0.2, 0) is 10.8 Å². The summed E-state index contributed by atoms with van der Waals surface area (Å²) in [6.07, 6.45) is 7.43. The average Bonchev–Trinajstić information content (AvgIpc) is 3.25. The van der Waals surface area contributed by atoms with Crippen molar-refractivity contribution < 1.29 is 9.00 Å². The monoisotopic (exact) mass is 348 g/mol. The van der Waals surface area contributed by atoms with Gasteiger partial charge in [-0.1, -0.05) is 13.8 Å². The van der Waals surface area contributed by atoms with Crippen molar-refractivity contribution in [3.63, 3.8) is 0 Å². The molecule has 130 valence electrons. The van der Waals surface area contributed by atoms with Crippen LogP contribution in [0.2, 0.25) is 0 Å². The molecule has 2 atom stereocenters. The summed E-state index contributed by atoms with van der Waals surface area (Å²) in [6.45, 7) is 5.97. The third kappa shape index (κ3) is 3.50. The summed E-state index contributed by atoms with van der Waals surface area (Å²) in [5.74, 6) is 0.851. The third-order valence-corrected chi connectivity index (χ3v) is 5.89. The van der Waals surface area contributed by atoms with Gasteiger partial charge in [0.1, 0.15) is 5.52 Å². The maximum atomic E-state index is 12.7. The second-order valence-corrected chi connectivity index (χ2v) is 8.81. The molecule has 7 heteroatoms. The molecule has 1 fully saturated rings. The Morgan fingerprint density at radius 2 is 2.21 bits per heavy atom. The fourth-order valence-corrected chi connectivity index (χ4v) is 4.07. The van der Waals surface area contributed by atoms with E-state index in [0.717, 1.165) is 18.5 Å². The van der Waals surface area contributed by atoms with E-state index in [0.29, 0.717) is 28.4 Å². The number of carbonyl (C=O) groups is 1. The highest BCUT2D eigenvalue weighted by molar-refractivity contribution is 7.84. The third-order valence-electron chi connectivity index (χ3n) is 4.73. The summed E-state index contributed by atoms with van der Waals surface area (Å²) in [5.41, 5.74) is 2.48. The Morgan fingerprint density at radius 1 is 1.50 bits per heavy atom. The van der Waals surface area contributed by atoms with E-state index in [1.54, 1.807) is 18.6 Å². The highest BCUT2D eigenvalue weighted by Gasteiger charge is 2.30. The van der Waals surface area contributed by atoms with Crippen molar-refractivity contribution >= 4 is 27.9 Å². The highest BCUT2D eigenvalue weighted by atomic mass is 32.2. The number of fused-ring (bicyclic) bond motifs is 1. The first-order valence-corrected chi connectivity index (χ1v) is 9.95. The Balaban J connectivity index is 1.80. The van der Waals surface area contributed by atoms with Crippen LogP contribution in [0.15, 0.2) is 12.4 Å². The predicted octanol–water partition coefficient (Wildman–Crippen LogP) is 2.36. The molecule has 2 heterocycles. The van der Waals surface area contributed by atoms with E-state index in [1.807, 2.05) is 20.8 Å². The molecule has 1 saturated carbocycles. The first-order chi connectivity index (χ1) is 11.3. The number of H-pyrrole nitrogens is 1. The zero-order chi connectivity index (χ0) is 17.5. The number of nitrogens with zero attached hydrogens (tertiary/aromatic N) is 2. The maximum absolute atomic E-state index is 12.7. The van der Waals surface area contributed by atoms with Gasteiger partial charge in [0.25, 0.3) is 5.91 Å². The number of aromatic amines is 1. The van der Waals surface area contributed by atoms with Crippen molar-refractivity contribution in [1.82, 2.24) is 20.3 Å². The molecule has 2 aromatic rings. The van der Waals surface area contributed by atoms with Crippen LogP contribution in [0.4, 0.5) is 0 Å². The summed E-state index contributed by atoms with van der Waals surface area (Å²) < 4.78 is 11.5. The van der Waals surface area contributed by atoms with Gasteiger partial charge in [-0.25, -0.2) is 9.97 Å². The summed E-state index contributed by atoms with van der Waals surface area (Å²) in [7, 11) is -0.911. The summed E-state index contributed by atoms with van der Waals surface area (Å²) in [6, 6.07) is -0.113. The van der Waals surface area contributed by atoms with Gasteiger partial charge in [-0.3, -0.25) is 9.00 Å². The van der Waals surface area contributed by atoms with Crippen molar-refractivity contribution in [2.45, 2.75) is 45.6 Å². The van der Waals surface area contributed by atoms with Crippen molar-refractivity contribution in [2.75, 3.05) is 12.0 Å². The first-order valence-electron chi connectivity index (χ1n) is 8.23. The number of nitrogens with one attached hydrogen (secondary N) is 2. The van der Waals surface area contributed by atoms with Crippen LogP contribution in [0.3, 0.4) is 0 Å². The number of amides is 1. The fourth-order valence-electron chi connectivity index (χ4n) is 2.77. The molecule has 3 rings (SSSR count). The lowest BCUT2D eigenvalue weighted by molar-refractivity contribution is 0.0913. The SMILES string of the molecule is CC(NC(=O)c1c[nH]c2ncc(C3CC3)nc12)C(C)(C)CS(C)=O. The Bertz CT molecular complexity index is 795. The van der Waals surface area contributed by atoms with Crippen LogP contribution in [0.25, 0.3) is 11.2 Å². The standard InChI is InChI=1S/C17H24N4O2S/c1-10(17(2,3)9-24(4)23)20-16(22)12-7-18-15-14(12)21-13(8-19-15)11-5-6-11/h7-8,10-11H,5-6,9H2,1-4H3,(H,18,19)(H,20,22). The average molecular weight is 348 g/mol. The van der Waals surface area contributed by atoms with Gasteiger partial charge in [0.15, 0.2) is 5.65 Å². The van der Waals surface area contributed by atoms with E-state index in [9.17, 15) is 9.00 Å². The molecule has 2 aromatic heterocycles. The van der Waals surface area contributed by atoms with Crippen molar-refractivity contribution in [3.8, 4) is 0 Å². The molecule has 0 radical (unpaired) electrons. The Kier molecular flexibility index (Phi) is 4.46. The molecule has 0 bridgehead atoms. The molecule has 0 spiro atoms. The van der Waals surface area contributed by atoms with Crippen LogP contribution in [0, 0.1) is 5.41 Å². The predicted molar refractivity (Wildman–Crippen MR) is 95.5 cm³/mol. The van der Waals surface area contributed by atoms with Crippen LogP contribution < -0.4 is 5.32 Å². The Labute approximate surface area is 144 Å². The molecule has 1 aliphatic rings. The molecule has 0 aromatic carbocycles. The van der Waals surface area contributed by atoms with Crippen LogP contribution in [-0.4, -0.2) is 43.1 Å². The summed E-state index contributed by atoms with van der Waals surface area (Å²) in [5, 5.41) is 3.02. The Hall–Kier alpha value is -1.76. The van der Waals surface area contributed by atoms with E-state index in [-0.39, 0.29) is 17.4 Å². The lowest BCUT2D eigenvalue weighted by Crippen LogP contribution is -2.45. The molecule has 6 nitrogen and oxygen atoms in total. The van der Waals surface area contributed by atoms with E-state index in [4.69, 9.17) is 0 Å². The van der Waals surface area contributed by atoms with Crippen LogP contribution in [0.1, 0.15) is 55.6 Å². The molecular formula is C17H24N4O2S. The molecule has 2 unspecified atom stereocenters. The first kappa shape index (κ1) is 17.1. The molecule has 24 heavy (non-hydrogen) atoms. The van der Waals surface area contributed by atoms with E-state index in [2.05, 4.69) is 20.3 Å². The quantitative estimate of drug-likeness (QED) is 0.839. The fraction of sp³-hybridized carbons (Fsp3) is 0.588. The van der Waals surface area contributed by atoms with Gasteiger partial charge in [0.2, 0.25) is 0 Å². The summed E-state index contributed by atoms with van der Waals surface area (Å²) >= 11 is 0. The van der Waals surface area contributed by atoms with Gasteiger partial charge in [-0.15, -0.1) is 0 Å². The van der Waals surface area contributed by atoms with Crippen LogP contribution in [0.5, 0.6) is 0 Å². The molecule has 1 amide bonds. The van der Waals surface area contributed by atoms with Gasteiger partial charge in [0.05, 0.1) is 17.5 Å². The van der Waals surface area contributed by atoms with E-state index >= 15 is 0 Å². The van der Waals surface area contributed by atoms with Crippen molar-refractivity contribution in [2.24, 2.45) is 5.41 Å². The number of rotatable bonds is 6. The number of aromatic nitrogens is 3. The van der Waals surface area contributed by atoms with Gasteiger partial charge in [0, 0.05) is 41.0 Å². The molecular weight excluding hydrogens is 324 g/mol. The summed E-state index contributed by atoms with van der Waals surface area (Å²) in [4.78, 5) is 24.7. The maximum Gasteiger partial charge on any atom is 0.255 e. The lowest BCUT2D eigenvalue weighted by Gasteiger charge is -2.31. The van der Waals surface area contributed by atoms with Crippen molar-refractivity contribution in [3.05, 3.63) is 23.7 Å². The number of carbonyl (C=O) groups excluding carboxylic acids is 1. The topological polar surface area (TPSA) is 87.7 Å². The highest BCUT2D eigenvalue weighted by Crippen LogP contribution is 2.39. The van der Waals surface area contributed by atoms with Gasteiger partial charge < -0.3 is 10.3 Å². The normalized spacial score (nSPS) is 17.7. The molecule has 0 aliphatic heterocycles. The second kappa shape index (κ2) is 6.27. The lowest BCUT2D eigenvalue weighted by atomic mass is 9.87. The second-order valence-electron chi connectivity index (χ2n) is 7.37. The van der Waals surface area contributed by atoms with Gasteiger partial charge >= 0.3 is 0 Å². The molecule has 1 aliphatic carbocycles. The largest absolute Gasteiger partial charge is 0.349 e. The van der Waals surface area contributed by atoms with Gasteiger partial charge in [-0.05, 0) is 25.2 Å². The van der Waals surface area contributed by atoms with Gasteiger partial charge in [-0.2, -0.15) is 0 Å². The molecule has 0 saturated heterocycles. The number of hydrogen-bond donors (Lipinski definition) is 2. The number of hydrogen-bond acceptors (Lipinski definition) is 4. The minimum atomic E-state index is -0.911. The molecule has 2 N–H and O–H groups in total. The van der Waals surface area contributed by atoms with E-state index < -0.39 is 10.8 Å². The van der Waals surface area contributed by atoms with Crippen molar-refractivity contribution in [1.29, 1.82) is 0 Å². The smallest absolute Gasteiger partial charge is 0.255 e. The zero-order valence-corrected chi connectivity index (χ0v) is 15.4.